The molecular formula is C7H8OSn. The molecule has 0 saturated carbocycles. The fourth-order valence-corrected chi connectivity index (χ4v) is 0.231. The smallest absolute Gasteiger partial charge is 0.178 e. The van der Waals surface area contributed by atoms with E-state index < -0.39 is 0 Å². The minimum absolute atomic E-state index is 0. The number of hydrogen-bond donors (Lipinski definition) is 0. The third-order valence-electron chi connectivity index (χ3n) is 0.598. The summed E-state index contributed by atoms with van der Waals surface area (Å²) in [5.74, 6) is -0.0927. The van der Waals surface area contributed by atoms with Crippen molar-refractivity contribution in [2.45, 2.75) is 0 Å². The molecule has 0 aromatic rings. The Labute approximate surface area is 72.1 Å². The minimum Gasteiger partial charge on any atom is -0.290 e. The van der Waals surface area contributed by atoms with E-state index in [1.165, 1.54) is 12.2 Å². The van der Waals surface area contributed by atoms with E-state index in [2.05, 4.69) is 13.2 Å². The number of carbonyl (C=O) groups excluding carboxylic acids is 1. The maximum Gasteiger partial charge on any atom is 0.178 e. The Morgan fingerprint density at radius 3 is 2.22 bits per heavy atom. The molecule has 4 radical (unpaired) electrons. The first-order valence-corrected chi connectivity index (χ1v) is 2.26. The molecule has 0 rings (SSSR count). The van der Waals surface area contributed by atoms with Crippen LogP contribution in [0.4, 0.5) is 0 Å². The van der Waals surface area contributed by atoms with E-state index in [9.17, 15) is 4.79 Å². The summed E-state index contributed by atoms with van der Waals surface area (Å²) < 4.78 is 0. The van der Waals surface area contributed by atoms with Crippen LogP contribution in [0.2, 0.25) is 0 Å². The Kier molecular flexibility index (Phi) is 9.81. The number of ketones is 1. The van der Waals surface area contributed by atoms with E-state index in [0.29, 0.717) is 0 Å². The third kappa shape index (κ3) is 7.69. The summed E-state index contributed by atoms with van der Waals surface area (Å²) in [4.78, 5) is 10.3. The molecule has 0 heterocycles. The monoisotopic (exact) mass is 228 g/mol. The SMILES string of the molecule is C=CC=CC(=O)C=C.[Sn]. The second kappa shape index (κ2) is 7.69. The van der Waals surface area contributed by atoms with Gasteiger partial charge in [0.1, 0.15) is 0 Å². The molecule has 0 saturated heterocycles. The topological polar surface area (TPSA) is 17.1 Å². The van der Waals surface area contributed by atoms with Crippen molar-refractivity contribution in [3.05, 3.63) is 37.5 Å². The second-order valence-electron chi connectivity index (χ2n) is 1.20. The predicted molar refractivity (Wildman–Crippen MR) is 40.3 cm³/mol. The van der Waals surface area contributed by atoms with Gasteiger partial charge in [0.2, 0.25) is 0 Å². The summed E-state index contributed by atoms with van der Waals surface area (Å²) in [6.07, 6.45) is 5.77. The summed E-state index contributed by atoms with van der Waals surface area (Å²) in [6, 6.07) is 0. The third-order valence-corrected chi connectivity index (χ3v) is 0.598. The summed E-state index contributed by atoms with van der Waals surface area (Å²) in [5, 5.41) is 0. The van der Waals surface area contributed by atoms with Gasteiger partial charge < -0.3 is 0 Å². The van der Waals surface area contributed by atoms with Crippen LogP contribution in [0, 0.1) is 0 Å². The normalized spacial score (nSPS) is 8.00. The van der Waals surface area contributed by atoms with Gasteiger partial charge in [0.25, 0.3) is 0 Å². The molecule has 0 aromatic carbocycles. The van der Waals surface area contributed by atoms with Crippen molar-refractivity contribution in [3.8, 4) is 0 Å². The van der Waals surface area contributed by atoms with E-state index >= 15 is 0 Å². The zero-order valence-electron chi connectivity index (χ0n) is 5.13. The zero-order valence-corrected chi connectivity index (χ0v) is 7.99. The Hall–Kier alpha value is -0.311. The van der Waals surface area contributed by atoms with Crippen molar-refractivity contribution < 1.29 is 4.79 Å². The molecule has 0 aromatic heterocycles. The maximum absolute atomic E-state index is 10.3. The first kappa shape index (κ1) is 11.5. The summed E-state index contributed by atoms with van der Waals surface area (Å²) in [5.41, 5.74) is 0. The molecule has 0 atom stereocenters. The van der Waals surface area contributed by atoms with Crippen LogP contribution < -0.4 is 0 Å². The fourth-order valence-electron chi connectivity index (χ4n) is 0.231. The van der Waals surface area contributed by atoms with Crippen molar-refractivity contribution in [3.63, 3.8) is 0 Å². The molecule has 0 aliphatic rings. The van der Waals surface area contributed by atoms with E-state index in [0.717, 1.165) is 0 Å². The number of carbonyl (C=O) groups is 1. The van der Waals surface area contributed by atoms with Crippen LogP contribution in [0.3, 0.4) is 0 Å². The van der Waals surface area contributed by atoms with E-state index in [1.54, 1.807) is 12.2 Å². The Bertz CT molecular complexity index is 136. The van der Waals surface area contributed by atoms with Gasteiger partial charge in [-0.1, -0.05) is 25.3 Å². The largest absolute Gasteiger partial charge is 0.290 e. The van der Waals surface area contributed by atoms with Crippen molar-refractivity contribution in [1.82, 2.24) is 0 Å². The Balaban J connectivity index is 0. The zero-order chi connectivity index (χ0) is 6.41. The van der Waals surface area contributed by atoms with Gasteiger partial charge in [0.15, 0.2) is 5.78 Å². The maximum atomic E-state index is 10.3. The van der Waals surface area contributed by atoms with Gasteiger partial charge in [-0.2, -0.15) is 0 Å². The Morgan fingerprint density at radius 1 is 1.33 bits per heavy atom. The standard InChI is InChI=1S/C7H8O.Sn/c1-3-5-6-7(8)4-2;/h3-6H,1-2H2;. The molecule has 0 unspecified atom stereocenters. The molecule has 9 heavy (non-hydrogen) atoms. The summed E-state index contributed by atoms with van der Waals surface area (Å²) in [7, 11) is 0. The molecule has 46 valence electrons. The van der Waals surface area contributed by atoms with Crippen LogP contribution in [0.5, 0.6) is 0 Å². The molecule has 0 bridgehead atoms. The van der Waals surface area contributed by atoms with Gasteiger partial charge in [0.05, 0.1) is 0 Å². The number of rotatable bonds is 3. The molecule has 1 nitrogen and oxygen atoms in total. The molecule has 0 amide bonds. The van der Waals surface area contributed by atoms with Crippen LogP contribution in [-0.2, 0) is 4.79 Å². The molecule has 0 N–H and O–H groups in total. The number of allylic oxidation sites excluding steroid dienone is 4. The van der Waals surface area contributed by atoms with Gasteiger partial charge in [-0.15, -0.1) is 0 Å². The molecule has 0 aliphatic carbocycles. The average Bonchev–Trinajstić information content (AvgIpc) is 1.83. The van der Waals surface area contributed by atoms with Crippen LogP contribution in [-0.4, -0.2) is 29.7 Å². The molecule has 0 spiro atoms. The van der Waals surface area contributed by atoms with Crippen LogP contribution in [0.1, 0.15) is 0 Å². The molecule has 2 heteroatoms. The minimum atomic E-state index is -0.0927. The van der Waals surface area contributed by atoms with E-state index in [1.807, 2.05) is 0 Å². The van der Waals surface area contributed by atoms with Crippen LogP contribution in [0.15, 0.2) is 37.5 Å². The second-order valence-corrected chi connectivity index (χ2v) is 1.20. The van der Waals surface area contributed by atoms with Gasteiger partial charge in [-0.25, -0.2) is 0 Å². The van der Waals surface area contributed by atoms with Crippen molar-refractivity contribution in [1.29, 1.82) is 0 Å². The molecular weight excluding hydrogens is 219 g/mol. The fraction of sp³-hybridized carbons (Fsp3) is 0. The van der Waals surface area contributed by atoms with Crippen LogP contribution >= 0.6 is 0 Å². The van der Waals surface area contributed by atoms with Gasteiger partial charge in [0, 0.05) is 23.9 Å². The Morgan fingerprint density at radius 2 is 1.89 bits per heavy atom. The van der Waals surface area contributed by atoms with Crippen molar-refractivity contribution in [2.75, 3.05) is 0 Å². The average molecular weight is 227 g/mol. The van der Waals surface area contributed by atoms with Gasteiger partial charge >= 0.3 is 0 Å². The van der Waals surface area contributed by atoms with E-state index in [4.69, 9.17) is 0 Å². The quantitative estimate of drug-likeness (QED) is 0.400. The van der Waals surface area contributed by atoms with Gasteiger partial charge in [-0.3, -0.25) is 4.79 Å². The first-order valence-electron chi connectivity index (χ1n) is 2.26. The van der Waals surface area contributed by atoms with Crippen LogP contribution in [0.25, 0.3) is 0 Å². The molecule has 0 fully saturated rings. The van der Waals surface area contributed by atoms with Crippen molar-refractivity contribution >= 4 is 29.7 Å². The van der Waals surface area contributed by atoms with Gasteiger partial charge in [-0.05, 0) is 12.2 Å². The number of hydrogen-bond acceptors (Lipinski definition) is 1. The predicted octanol–water partition coefficient (Wildman–Crippen LogP) is 1.10. The van der Waals surface area contributed by atoms with E-state index in [-0.39, 0.29) is 29.7 Å². The first-order chi connectivity index (χ1) is 3.81. The summed E-state index contributed by atoms with van der Waals surface area (Å²) >= 11 is 0. The summed E-state index contributed by atoms with van der Waals surface area (Å²) in [6.45, 7) is 6.67. The molecule has 0 aliphatic heterocycles. The van der Waals surface area contributed by atoms with Crippen molar-refractivity contribution in [2.24, 2.45) is 0 Å².